The highest BCUT2D eigenvalue weighted by molar-refractivity contribution is 5.85. The fourth-order valence-corrected chi connectivity index (χ4v) is 2.20. The molecular formula is C11H20N2. The lowest BCUT2D eigenvalue weighted by molar-refractivity contribution is 0.423. The van der Waals surface area contributed by atoms with E-state index in [1.165, 1.54) is 25.7 Å². The highest BCUT2D eigenvalue weighted by Gasteiger charge is 2.32. The van der Waals surface area contributed by atoms with Crippen LogP contribution in [0.15, 0.2) is 4.99 Å². The Morgan fingerprint density at radius 1 is 1.15 bits per heavy atom. The van der Waals surface area contributed by atoms with E-state index in [4.69, 9.17) is 5.73 Å². The third kappa shape index (κ3) is 1.87. The molecule has 0 aromatic carbocycles. The summed E-state index contributed by atoms with van der Waals surface area (Å²) in [5, 5.41) is 0. The maximum absolute atomic E-state index is 5.92. The second kappa shape index (κ2) is 3.32. The van der Waals surface area contributed by atoms with Crippen molar-refractivity contribution in [3.63, 3.8) is 0 Å². The Bertz CT molecular complexity index is 218. The molecule has 0 radical (unpaired) electrons. The van der Waals surface area contributed by atoms with Gasteiger partial charge in [-0.3, -0.25) is 4.99 Å². The van der Waals surface area contributed by atoms with Gasteiger partial charge in [-0.2, -0.15) is 0 Å². The van der Waals surface area contributed by atoms with E-state index in [-0.39, 0.29) is 0 Å². The summed E-state index contributed by atoms with van der Waals surface area (Å²) in [5.41, 5.74) is 5.92. The van der Waals surface area contributed by atoms with E-state index in [1.807, 2.05) is 0 Å². The van der Waals surface area contributed by atoms with Gasteiger partial charge in [-0.25, -0.2) is 0 Å². The van der Waals surface area contributed by atoms with Crippen molar-refractivity contribution in [1.29, 1.82) is 0 Å². The number of nitrogens with zero attached hydrogens (tertiary/aromatic N) is 1. The number of hydrogen-bond donors (Lipinski definition) is 1. The van der Waals surface area contributed by atoms with Crippen LogP contribution in [-0.4, -0.2) is 11.9 Å². The first kappa shape index (κ1) is 9.04. The second-order valence-electron chi connectivity index (χ2n) is 4.81. The molecule has 0 aromatic heterocycles. The van der Waals surface area contributed by atoms with Crippen molar-refractivity contribution in [2.24, 2.45) is 28.5 Å². The third-order valence-electron chi connectivity index (χ3n) is 3.73. The van der Waals surface area contributed by atoms with Gasteiger partial charge >= 0.3 is 0 Å². The fourth-order valence-electron chi connectivity index (χ4n) is 2.20. The molecule has 3 unspecified atom stereocenters. The highest BCUT2D eigenvalue weighted by atomic mass is 14.9. The van der Waals surface area contributed by atoms with Crippen molar-refractivity contribution in [2.45, 2.75) is 45.6 Å². The average Bonchev–Trinajstić information content (AvgIpc) is 2.89. The molecule has 2 aliphatic carbocycles. The van der Waals surface area contributed by atoms with Crippen molar-refractivity contribution < 1.29 is 0 Å². The van der Waals surface area contributed by atoms with Gasteiger partial charge in [-0.15, -0.1) is 0 Å². The van der Waals surface area contributed by atoms with Crippen LogP contribution in [0.2, 0.25) is 0 Å². The first-order chi connectivity index (χ1) is 6.18. The van der Waals surface area contributed by atoms with Crippen LogP contribution < -0.4 is 5.73 Å². The Morgan fingerprint density at radius 3 is 2.31 bits per heavy atom. The number of aliphatic imine (C=N–C) groups is 1. The number of amidine groups is 1. The number of hydrogen-bond acceptors (Lipinski definition) is 1. The van der Waals surface area contributed by atoms with E-state index >= 15 is 0 Å². The normalized spacial score (nSPS) is 41.1. The summed E-state index contributed by atoms with van der Waals surface area (Å²) in [6.07, 6.45) is 5.11. The largest absolute Gasteiger partial charge is 0.387 e. The molecule has 2 aliphatic rings. The molecule has 2 saturated carbocycles. The van der Waals surface area contributed by atoms with Crippen LogP contribution in [0.5, 0.6) is 0 Å². The number of nitrogens with two attached hydrogens (primary N) is 1. The van der Waals surface area contributed by atoms with E-state index < -0.39 is 0 Å². The van der Waals surface area contributed by atoms with E-state index in [9.17, 15) is 0 Å². The predicted molar refractivity (Wildman–Crippen MR) is 55.7 cm³/mol. The highest BCUT2D eigenvalue weighted by Crippen LogP contribution is 2.35. The summed E-state index contributed by atoms with van der Waals surface area (Å²) in [5.74, 6) is 3.15. The van der Waals surface area contributed by atoms with E-state index in [1.54, 1.807) is 0 Å². The van der Waals surface area contributed by atoms with Crippen LogP contribution in [-0.2, 0) is 0 Å². The number of rotatable bonds is 2. The molecule has 0 amide bonds. The van der Waals surface area contributed by atoms with Gasteiger partial charge in [0.05, 0.1) is 11.9 Å². The zero-order chi connectivity index (χ0) is 9.42. The maximum Gasteiger partial charge on any atom is 0.0971 e. The van der Waals surface area contributed by atoms with Crippen LogP contribution in [0, 0.1) is 17.8 Å². The molecule has 0 heterocycles. The van der Waals surface area contributed by atoms with Crippen molar-refractivity contribution in [2.75, 3.05) is 0 Å². The summed E-state index contributed by atoms with van der Waals surface area (Å²) in [7, 11) is 0. The SMILES string of the molecule is CC1CCC(N=C(N)C2CC2)C1C. The van der Waals surface area contributed by atoms with E-state index in [2.05, 4.69) is 18.8 Å². The molecule has 0 aromatic rings. The minimum atomic E-state index is 0.524. The minimum Gasteiger partial charge on any atom is -0.387 e. The van der Waals surface area contributed by atoms with Gasteiger partial charge in [0.1, 0.15) is 0 Å². The molecule has 0 bridgehead atoms. The third-order valence-corrected chi connectivity index (χ3v) is 3.73. The second-order valence-corrected chi connectivity index (χ2v) is 4.81. The van der Waals surface area contributed by atoms with Gasteiger partial charge < -0.3 is 5.73 Å². The zero-order valence-electron chi connectivity index (χ0n) is 8.66. The summed E-state index contributed by atoms with van der Waals surface area (Å²) in [6.45, 7) is 4.64. The van der Waals surface area contributed by atoms with Crippen LogP contribution in [0.1, 0.15) is 39.5 Å². The van der Waals surface area contributed by atoms with Gasteiger partial charge in [-0.05, 0) is 37.5 Å². The first-order valence-corrected chi connectivity index (χ1v) is 5.51. The lowest BCUT2D eigenvalue weighted by Crippen LogP contribution is -2.21. The molecule has 3 atom stereocenters. The summed E-state index contributed by atoms with van der Waals surface area (Å²) >= 11 is 0. The quantitative estimate of drug-likeness (QED) is 0.513. The molecule has 0 aliphatic heterocycles. The molecule has 13 heavy (non-hydrogen) atoms. The Hall–Kier alpha value is -0.530. The van der Waals surface area contributed by atoms with Crippen LogP contribution in [0.25, 0.3) is 0 Å². The molecule has 2 fully saturated rings. The Labute approximate surface area is 80.6 Å². The van der Waals surface area contributed by atoms with Gasteiger partial charge in [0.2, 0.25) is 0 Å². The molecule has 2 nitrogen and oxygen atoms in total. The molecular weight excluding hydrogens is 160 g/mol. The molecule has 74 valence electrons. The summed E-state index contributed by atoms with van der Waals surface area (Å²) in [4.78, 5) is 4.66. The average molecular weight is 180 g/mol. The zero-order valence-corrected chi connectivity index (χ0v) is 8.66. The van der Waals surface area contributed by atoms with E-state index in [0.717, 1.165) is 17.7 Å². The van der Waals surface area contributed by atoms with Gasteiger partial charge in [0, 0.05) is 5.92 Å². The lowest BCUT2D eigenvalue weighted by Gasteiger charge is -2.14. The van der Waals surface area contributed by atoms with Gasteiger partial charge in [0.15, 0.2) is 0 Å². The van der Waals surface area contributed by atoms with Crippen molar-refractivity contribution in [3.05, 3.63) is 0 Å². The molecule has 0 saturated heterocycles. The van der Waals surface area contributed by atoms with Gasteiger partial charge in [0.25, 0.3) is 0 Å². The smallest absolute Gasteiger partial charge is 0.0971 e. The Balaban J connectivity index is 1.97. The Morgan fingerprint density at radius 2 is 1.85 bits per heavy atom. The molecule has 2 N–H and O–H groups in total. The van der Waals surface area contributed by atoms with Crippen molar-refractivity contribution >= 4 is 5.84 Å². The Kier molecular flexibility index (Phi) is 2.31. The monoisotopic (exact) mass is 180 g/mol. The van der Waals surface area contributed by atoms with Crippen LogP contribution in [0.4, 0.5) is 0 Å². The van der Waals surface area contributed by atoms with Crippen molar-refractivity contribution in [3.8, 4) is 0 Å². The summed E-state index contributed by atoms with van der Waals surface area (Å²) in [6, 6.07) is 0.524. The molecule has 2 rings (SSSR count). The lowest BCUT2D eigenvalue weighted by atomic mass is 9.98. The van der Waals surface area contributed by atoms with Crippen LogP contribution in [0.3, 0.4) is 0 Å². The van der Waals surface area contributed by atoms with Crippen LogP contribution >= 0.6 is 0 Å². The fraction of sp³-hybridized carbons (Fsp3) is 0.909. The molecule has 0 spiro atoms. The predicted octanol–water partition coefficient (Wildman–Crippen LogP) is 2.19. The van der Waals surface area contributed by atoms with Gasteiger partial charge in [-0.1, -0.05) is 13.8 Å². The first-order valence-electron chi connectivity index (χ1n) is 5.51. The summed E-state index contributed by atoms with van der Waals surface area (Å²) < 4.78 is 0. The minimum absolute atomic E-state index is 0.524. The van der Waals surface area contributed by atoms with E-state index in [0.29, 0.717) is 12.0 Å². The topological polar surface area (TPSA) is 38.4 Å². The standard InChI is InChI=1S/C11H20N2/c1-7-3-6-10(8(7)2)13-11(12)9-4-5-9/h7-10H,3-6H2,1-2H3,(H2,12,13). The maximum atomic E-state index is 5.92. The molecule has 2 heteroatoms. The van der Waals surface area contributed by atoms with Crippen molar-refractivity contribution in [1.82, 2.24) is 0 Å².